The summed E-state index contributed by atoms with van der Waals surface area (Å²) in [5.74, 6) is 0.451. The third-order valence-corrected chi connectivity index (χ3v) is 8.09. The summed E-state index contributed by atoms with van der Waals surface area (Å²) in [5, 5.41) is 11.3. The number of benzene rings is 3. The molecule has 1 aliphatic carbocycles. The Kier molecular flexibility index (Phi) is 10.1. The average molecular weight is 483 g/mol. The highest BCUT2D eigenvalue weighted by molar-refractivity contribution is 5.87. The zero-order valence-corrected chi connectivity index (χ0v) is 22.7. The average Bonchev–Trinajstić information content (AvgIpc) is 3.28. The van der Waals surface area contributed by atoms with Crippen LogP contribution in [0, 0.1) is 0 Å². The molecular weight excluding hydrogens is 436 g/mol. The van der Waals surface area contributed by atoms with E-state index in [9.17, 15) is 5.11 Å². The summed E-state index contributed by atoms with van der Waals surface area (Å²) in [4.78, 5) is 0. The van der Waals surface area contributed by atoms with Crippen LogP contribution in [0.1, 0.15) is 113 Å². The Bertz CT molecular complexity index is 1110. The minimum atomic E-state index is 0.451. The number of fused-ring (bicyclic) bond motifs is 3. The molecule has 3 aromatic carbocycles. The van der Waals surface area contributed by atoms with Gasteiger partial charge in [-0.25, -0.2) is 0 Å². The van der Waals surface area contributed by atoms with E-state index in [1.165, 1.54) is 116 Å². The fourth-order valence-electron chi connectivity index (χ4n) is 6.07. The molecule has 0 aliphatic heterocycles. The molecule has 36 heavy (non-hydrogen) atoms. The van der Waals surface area contributed by atoms with Crippen LogP contribution in [0.25, 0.3) is 22.3 Å². The summed E-state index contributed by atoms with van der Waals surface area (Å²) in [7, 11) is 0. The largest absolute Gasteiger partial charge is 0.507 e. The van der Waals surface area contributed by atoms with Crippen LogP contribution in [0.15, 0.2) is 54.6 Å². The summed E-state index contributed by atoms with van der Waals surface area (Å²) in [6.07, 6.45) is 18.9. The van der Waals surface area contributed by atoms with E-state index in [1.807, 2.05) is 6.07 Å². The molecule has 1 N–H and O–H groups in total. The number of phenolic OH excluding ortho intramolecular Hbond substituents is 1. The van der Waals surface area contributed by atoms with Crippen molar-refractivity contribution in [3.8, 4) is 28.0 Å². The second kappa shape index (κ2) is 13.7. The maximum absolute atomic E-state index is 11.3. The van der Waals surface area contributed by atoms with Gasteiger partial charge in [-0.2, -0.15) is 0 Å². The maximum Gasteiger partial charge on any atom is 0.123 e. The van der Waals surface area contributed by atoms with Gasteiger partial charge in [-0.1, -0.05) is 127 Å². The van der Waals surface area contributed by atoms with E-state index in [2.05, 4.69) is 62.4 Å². The van der Waals surface area contributed by atoms with E-state index in [4.69, 9.17) is 0 Å². The van der Waals surface area contributed by atoms with Gasteiger partial charge in [0.05, 0.1) is 0 Å². The van der Waals surface area contributed by atoms with Crippen LogP contribution in [0.4, 0.5) is 0 Å². The normalized spacial score (nSPS) is 12.1. The lowest BCUT2D eigenvalue weighted by Crippen LogP contribution is -2.01. The Labute approximate surface area is 220 Å². The lowest BCUT2D eigenvalue weighted by atomic mass is 9.86. The van der Waals surface area contributed by atoms with E-state index < -0.39 is 0 Å². The molecule has 1 aliphatic rings. The SMILES string of the molecule is CCCCCCCCc1ccc(O)c(-c2cccc3c2Cc2ccccc2-3)c1CCCCCCCC. The summed E-state index contributed by atoms with van der Waals surface area (Å²) in [5.41, 5.74) is 10.7. The van der Waals surface area contributed by atoms with Crippen LogP contribution < -0.4 is 0 Å². The van der Waals surface area contributed by atoms with Crippen molar-refractivity contribution in [2.75, 3.05) is 0 Å². The van der Waals surface area contributed by atoms with Crippen LogP contribution in [0.5, 0.6) is 5.75 Å². The minimum absolute atomic E-state index is 0.451. The van der Waals surface area contributed by atoms with Crippen molar-refractivity contribution < 1.29 is 5.11 Å². The molecule has 1 heteroatoms. The number of rotatable bonds is 15. The van der Waals surface area contributed by atoms with Crippen molar-refractivity contribution in [1.29, 1.82) is 0 Å². The molecule has 0 unspecified atom stereocenters. The van der Waals surface area contributed by atoms with E-state index in [0.29, 0.717) is 5.75 Å². The van der Waals surface area contributed by atoms with Gasteiger partial charge in [0, 0.05) is 5.56 Å². The van der Waals surface area contributed by atoms with Crippen molar-refractivity contribution in [2.45, 2.75) is 110 Å². The maximum atomic E-state index is 11.3. The summed E-state index contributed by atoms with van der Waals surface area (Å²) in [6, 6.07) is 19.7. The van der Waals surface area contributed by atoms with Gasteiger partial charge in [0.25, 0.3) is 0 Å². The summed E-state index contributed by atoms with van der Waals surface area (Å²) < 4.78 is 0. The number of unbranched alkanes of at least 4 members (excludes halogenated alkanes) is 10. The molecule has 0 bridgehead atoms. The van der Waals surface area contributed by atoms with E-state index in [-0.39, 0.29) is 0 Å². The first-order valence-corrected chi connectivity index (χ1v) is 14.8. The standard InChI is InChI=1S/C35H46O/c1-3-5-7-9-11-13-18-27-24-25-34(36)35(30(27)21-14-12-10-8-6-4-2)32-23-17-22-31-29-20-16-15-19-28(29)26-33(31)32/h15-17,19-20,22-25,36H,3-14,18,21,26H2,1-2H3. The number of hydrogen-bond donors (Lipinski definition) is 1. The van der Waals surface area contributed by atoms with Crippen LogP contribution in [-0.2, 0) is 19.3 Å². The zero-order valence-electron chi connectivity index (χ0n) is 22.7. The molecule has 0 radical (unpaired) electrons. The van der Waals surface area contributed by atoms with Gasteiger partial charge in [0.1, 0.15) is 5.75 Å². The number of phenols is 1. The molecule has 0 heterocycles. The third-order valence-electron chi connectivity index (χ3n) is 8.09. The van der Waals surface area contributed by atoms with Gasteiger partial charge >= 0.3 is 0 Å². The number of aryl methyl sites for hydroxylation is 1. The smallest absolute Gasteiger partial charge is 0.123 e. The van der Waals surface area contributed by atoms with Crippen LogP contribution in [0.2, 0.25) is 0 Å². The van der Waals surface area contributed by atoms with Gasteiger partial charge < -0.3 is 5.11 Å². The predicted octanol–water partition coefficient (Wildman–Crippen LogP) is 10.4. The lowest BCUT2D eigenvalue weighted by molar-refractivity contribution is 0.476. The van der Waals surface area contributed by atoms with E-state index in [1.54, 1.807) is 0 Å². The Morgan fingerprint density at radius 2 is 1.19 bits per heavy atom. The molecule has 192 valence electrons. The predicted molar refractivity (Wildman–Crippen MR) is 156 cm³/mol. The molecule has 0 aromatic heterocycles. The molecule has 0 atom stereocenters. The Morgan fingerprint density at radius 1 is 0.583 bits per heavy atom. The first-order chi connectivity index (χ1) is 17.7. The molecule has 0 amide bonds. The Morgan fingerprint density at radius 3 is 1.94 bits per heavy atom. The highest BCUT2D eigenvalue weighted by Crippen LogP contribution is 2.45. The molecule has 1 nitrogen and oxygen atoms in total. The monoisotopic (exact) mass is 482 g/mol. The highest BCUT2D eigenvalue weighted by Gasteiger charge is 2.24. The zero-order chi connectivity index (χ0) is 25.2. The van der Waals surface area contributed by atoms with E-state index in [0.717, 1.165) is 24.8 Å². The second-order valence-corrected chi connectivity index (χ2v) is 10.8. The fraction of sp³-hybridized carbons (Fsp3) is 0.486. The summed E-state index contributed by atoms with van der Waals surface area (Å²) >= 11 is 0. The van der Waals surface area contributed by atoms with Crippen molar-refractivity contribution >= 4 is 0 Å². The number of hydrogen-bond acceptors (Lipinski definition) is 1. The van der Waals surface area contributed by atoms with Gasteiger partial charge in [0.15, 0.2) is 0 Å². The number of aromatic hydroxyl groups is 1. The van der Waals surface area contributed by atoms with Crippen molar-refractivity contribution in [2.24, 2.45) is 0 Å². The molecule has 0 saturated heterocycles. The topological polar surface area (TPSA) is 20.2 Å². The first kappa shape index (κ1) is 26.5. The lowest BCUT2D eigenvalue weighted by Gasteiger charge is -2.19. The van der Waals surface area contributed by atoms with Gasteiger partial charge in [0.2, 0.25) is 0 Å². The van der Waals surface area contributed by atoms with Gasteiger partial charge in [-0.15, -0.1) is 0 Å². The summed E-state index contributed by atoms with van der Waals surface area (Å²) in [6.45, 7) is 4.56. The third kappa shape index (κ3) is 6.41. The van der Waals surface area contributed by atoms with Crippen molar-refractivity contribution in [3.63, 3.8) is 0 Å². The minimum Gasteiger partial charge on any atom is -0.507 e. The van der Waals surface area contributed by atoms with Gasteiger partial charge in [-0.3, -0.25) is 0 Å². The Balaban J connectivity index is 1.62. The molecule has 4 rings (SSSR count). The van der Waals surface area contributed by atoms with Crippen LogP contribution in [-0.4, -0.2) is 5.11 Å². The quantitative estimate of drug-likeness (QED) is 0.167. The first-order valence-electron chi connectivity index (χ1n) is 14.8. The molecule has 0 fully saturated rings. The van der Waals surface area contributed by atoms with Crippen molar-refractivity contribution in [1.82, 2.24) is 0 Å². The molecular formula is C35H46O. The van der Waals surface area contributed by atoms with E-state index >= 15 is 0 Å². The Hall–Kier alpha value is -2.54. The van der Waals surface area contributed by atoms with Crippen LogP contribution >= 0.6 is 0 Å². The molecule has 0 saturated carbocycles. The van der Waals surface area contributed by atoms with Crippen LogP contribution in [0.3, 0.4) is 0 Å². The fourth-order valence-corrected chi connectivity index (χ4v) is 6.07. The van der Waals surface area contributed by atoms with Gasteiger partial charge in [-0.05, 0) is 77.1 Å². The van der Waals surface area contributed by atoms with Crippen molar-refractivity contribution in [3.05, 3.63) is 76.9 Å². The second-order valence-electron chi connectivity index (χ2n) is 10.8. The molecule has 0 spiro atoms. The molecule has 3 aromatic rings. The highest BCUT2D eigenvalue weighted by atomic mass is 16.3.